The third kappa shape index (κ3) is 3.33. The predicted octanol–water partition coefficient (Wildman–Crippen LogP) is 2.37. The van der Waals surface area contributed by atoms with Crippen molar-refractivity contribution in [3.05, 3.63) is 48.0 Å². The monoisotopic (exact) mass is 342 g/mol. The van der Waals surface area contributed by atoms with Crippen molar-refractivity contribution in [2.45, 2.75) is 0 Å². The number of carbonyl (C=O) groups is 1. The highest BCUT2D eigenvalue weighted by molar-refractivity contribution is 5.98. The van der Waals surface area contributed by atoms with Crippen LogP contribution < -0.4 is 14.4 Å². The maximum absolute atomic E-state index is 12.9. The van der Waals surface area contributed by atoms with Crippen molar-refractivity contribution in [1.82, 2.24) is 4.90 Å². The third-order valence-electron chi connectivity index (χ3n) is 4.42. The number of phenols is 1. The van der Waals surface area contributed by atoms with E-state index in [4.69, 9.17) is 9.47 Å². The zero-order chi connectivity index (χ0) is 17.8. The minimum Gasteiger partial charge on any atom is -0.506 e. The molecular formula is C19H22N2O4. The first kappa shape index (κ1) is 17.0. The standard InChI is InChI=1S/C19H22N2O4/c1-24-17-9-5-6-14(18(17)25-2)19(23)21-12-10-20(11-13-21)15-7-3-4-8-16(15)22/h3-9,22H,10-13H2,1-2H3. The molecule has 1 fully saturated rings. The molecule has 1 heterocycles. The number of hydrogen-bond acceptors (Lipinski definition) is 5. The SMILES string of the molecule is COc1cccc(C(=O)N2CCN(c3ccccc3O)CC2)c1OC. The fraction of sp³-hybridized carbons (Fsp3) is 0.316. The van der Waals surface area contributed by atoms with Crippen LogP contribution in [-0.2, 0) is 0 Å². The topological polar surface area (TPSA) is 62.2 Å². The molecule has 25 heavy (non-hydrogen) atoms. The van der Waals surface area contributed by atoms with E-state index in [9.17, 15) is 9.90 Å². The second-order valence-electron chi connectivity index (χ2n) is 5.81. The first-order chi connectivity index (χ1) is 12.2. The lowest BCUT2D eigenvalue weighted by molar-refractivity contribution is 0.0742. The van der Waals surface area contributed by atoms with Crippen LogP contribution in [0.25, 0.3) is 0 Å². The summed E-state index contributed by atoms with van der Waals surface area (Å²) in [7, 11) is 3.09. The molecule has 1 saturated heterocycles. The van der Waals surface area contributed by atoms with Crippen LogP contribution in [0.3, 0.4) is 0 Å². The minimum atomic E-state index is -0.0762. The molecule has 1 amide bonds. The van der Waals surface area contributed by atoms with Gasteiger partial charge in [0.05, 0.1) is 25.5 Å². The Balaban J connectivity index is 1.73. The van der Waals surface area contributed by atoms with Gasteiger partial charge in [-0.25, -0.2) is 0 Å². The van der Waals surface area contributed by atoms with E-state index >= 15 is 0 Å². The van der Waals surface area contributed by atoms with E-state index in [2.05, 4.69) is 4.90 Å². The van der Waals surface area contributed by atoms with Gasteiger partial charge in [-0.2, -0.15) is 0 Å². The van der Waals surface area contributed by atoms with Gasteiger partial charge in [0, 0.05) is 26.2 Å². The van der Waals surface area contributed by atoms with E-state index in [0.29, 0.717) is 43.2 Å². The number of phenolic OH excluding ortho intramolecular Hbond substituents is 1. The molecule has 1 aliphatic heterocycles. The molecule has 0 bridgehead atoms. The summed E-state index contributed by atoms with van der Waals surface area (Å²) in [6.45, 7) is 2.48. The lowest BCUT2D eigenvalue weighted by Gasteiger charge is -2.36. The molecule has 1 aliphatic rings. The predicted molar refractivity (Wildman–Crippen MR) is 95.8 cm³/mol. The van der Waals surface area contributed by atoms with E-state index in [1.165, 1.54) is 7.11 Å². The summed E-state index contributed by atoms with van der Waals surface area (Å²) in [5.74, 6) is 1.18. The van der Waals surface area contributed by atoms with Crippen LogP contribution in [0.15, 0.2) is 42.5 Å². The quantitative estimate of drug-likeness (QED) is 0.924. The molecule has 0 spiro atoms. The molecule has 6 nitrogen and oxygen atoms in total. The van der Waals surface area contributed by atoms with Gasteiger partial charge in [-0.15, -0.1) is 0 Å². The van der Waals surface area contributed by atoms with Crippen LogP contribution in [-0.4, -0.2) is 56.3 Å². The highest BCUT2D eigenvalue weighted by atomic mass is 16.5. The Hall–Kier alpha value is -2.89. The third-order valence-corrected chi connectivity index (χ3v) is 4.42. The molecule has 2 aromatic rings. The van der Waals surface area contributed by atoms with Crippen LogP contribution in [0.2, 0.25) is 0 Å². The molecule has 0 aliphatic carbocycles. The Bertz CT molecular complexity index is 755. The number of aromatic hydroxyl groups is 1. The molecule has 3 rings (SSSR count). The maximum atomic E-state index is 12.9. The van der Waals surface area contributed by atoms with Gasteiger partial charge in [0.1, 0.15) is 5.75 Å². The summed E-state index contributed by atoms with van der Waals surface area (Å²) in [6.07, 6.45) is 0. The number of anilines is 1. The van der Waals surface area contributed by atoms with E-state index in [-0.39, 0.29) is 11.7 Å². The number of benzene rings is 2. The average Bonchev–Trinajstić information content (AvgIpc) is 2.67. The minimum absolute atomic E-state index is 0.0762. The van der Waals surface area contributed by atoms with Gasteiger partial charge >= 0.3 is 0 Å². The fourth-order valence-corrected chi connectivity index (χ4v) is 3.11. The average molecular weight is 342 g/mol. The lowest BCUT2D eigenvalue weighted by atomic mass is 10.1. The number of carbonyl (C=O) groups excluding carboxylic acids is 1. The first-order valence-electron chi connectivity index (χ1n) is 8.19. The van der Waals surface area contributed by atoms with Crippen molar-refractivity contribution < 1.29 is 19.4 Å². The van der Waals surface area contributed by atoms with Gasteiger partial charge in [0.2, 0.25) is 0 Å². The van der Waals surface area contributed by atoms with Crippen molar-refractivity contribution in [1.29, 1.82) is 0 Å². The molecule has 0 atom stereocenters. The summed E-state index contributed by atoms with van der Waals surface area (Å²) < 4.78 is 10.6. The molecule has 1 N–H and O–H groups in total. The highest BCUT2D eigenvalue weighted by Crippen LogP contribution is 2.32. The van der Waals surface area contributed by atoms with Crippen LogP contribution in [0.5, 0.6) is 17.2 Å². The smallest absolute Gasteiger partial charge is 0.257 e. The maximum Gasteiger partial charge on any atom is 0.257 e. The summed E-state index contributed by atoms with van der Waals surface area (Å²) in [6, 6.07) is 12.6. The van der Waals surface area contributed by atoms with Gasteiger partial charge in [0.25, 0.3) is 5.91 Å². The zero-order valence-corrected chi connectivity index (χ0v) is 14.4. The Morgan fingerprint density at radius 1 is 0.960 bits per heavy atom. The van der Waals surface area contributed by atoms with E-state index in [0.717, 1.165) is 5.69 Å². The van der Waals surface area contributed by atoms with Gasteiger partial charge in [0.15, 0.2) is 11.5 Å². The van der Waals surface area contributed by atoms with Crippen LogP contribution >= 0.6 is 0 Å². The van der Waals surface area contributed by atoms with Crippen LogP contribution in [0.1, 0.15) is 10.4 Å². The van der Waals surface area contributed by atoms with Crippen molar-refractivity contribution >= 4 is 11.6 Å². The number of rotatable bonds is 4. The number of methoxy groups -OCH3 is 2. The molecule has 6 heteroatoms. The largest absolute Gasteiger partial charge is 0.506 e. The van der Waals surface area contributed by atoms with E-state index in [1.54, 1.807) is 42.3 Å². The number of piperazine rings is 1. The second-order valence-corrected chi connectivity index (χ2v) is 5.81. The first-order valence-corrected chi connectivity index (χ1v) is 8.19. The summed E-state index contributed by atoms with van der Waals surface area (Å²) in [5, 5.41) is 9.99. The number of para-hydroxylation sites is 3. The molecule has 0 aromatic heterocycles. The molecule has 0 unspecified atom stereocenters. The molecule has 0 saturated carbocycles. The van der Waals surface area contributed by atoms with Gasteiger partial charge in [-0.3, -0.25) is 4.79 Å². The number of nitrogens with zero attached hydrogens (tertiary/aromatic N) is 2. The Morgan fingerprint density at radius 2 is 1.68 bits per heavy atom. The molecule has 0 radical (unpaired) electrons. The van der Waals surface area contributed by atoms with Gasteiger partial charge < -0.3 is 24.4 Å². The van der Waals surface area contributed by atoms with Crippen molar-refractivity contribution in [2.24, 2.45) is 0 Å². The number of amides is 1. The molecule has 2 aromatic carbocycles. The summed E-state index contributed by atoms with van der Waals surface area (Å²) >= 11 is 0. The van der Waals surface area contributed by atoms with Crippen LogP contribution in [0, 0.1) is 0 Å². The van der Waals surface area contributed by atoms with E-state index < -0.39 is 0 Å². The number of ether oxygens (including phenoxy) is 2. The lowest BCUT2D eigenvalue weighted by Crippen LogP contribution is -2.48. The Labute approximate surface area is 147 Å². The zero-order valence-electron chi connectivity index (χ0n) is 14.4. The molecule has 132 valence electrons. The second kappa shape index (κ2) is 7.34. The van der Waals surface area contributed by atoms with Crippen LogP contribution in [0.4, 0.5) is 5.69 Å². The van der Waals surface area contributed by atoms with Gasteiger partial charge in [-0.1, -0.05) is 18.2 Å². The number of hydrogen-bond donors (Lipinski definition) is 1. The van der Waals surface area contributed by atoms with Crippen molar-refractivity contribution in [3.8, 4) is 17.2 Å². The Morgan fingerprint density at radius 3 is 2.32 bits per heavy atom. The van der Waals surface area contributed by atoms with Gasteiger partial charge in [-0.05, 0) is 24.3 Å². The fourth-order valence-electron chi connectivity index (χ4n) is 3.11. The molecular weight excluding hydrogens is 320 g/mol. The highest BCUT2D eigenvalue weighted by Gasteiger charge is 2.26. The van der Waals surface area contributed by atoms with Crippen molar-refractivity contribution in [3.63, 3.8) is 0 Å². The van der Waals surface area contributed by atoms with E-state index in [1.807, 2.05) is 12.1 Å². The van der Waals surface area contributed by atoms with Crippen molar-refractivity contribution in [2.75, 3.05) is 45.3 Å². The summed E-state index contributed by atoms with van der Waals surface area (Å²) in [4.78, 5) is 16.8. The normalized spacial score (nSPS) is 14.3. The Kier molecular flexibility index (Phi) is 4.97. The summed E-state index contributed by atoms with van der Waals surface area (Å²) in [5.41, 5.74) is 1.30.